The second kappa shape index (κ2) is 9.29. The first kappa shape index (κ1) is 23.4. The first-order valence-electron chi connectivity index (χ1n) is 9.61. The Hall–Kier alpha value is -1.88. The summed E-state index contributed by atoms with van der Waals surface area (Å²) in [6.45, 7) is 6.33. The first-order valence-corrected chi connectivity index (χ1v) is 10.4. The van der Waals surface area contributed by atoms with Crippen molar-refractivity contribution in [2.45, 2.75) is 63.8 Å². The van der Waals surface area contributed by atoms with E-state index in [1.165, 1.54) is 21.1 Å². The number of amides is 1. The van der Waals surface area contributed by atoms with Gasteiger partial charge in [-0.15, -0.1) is 10.2 Å². The van der Waals surface area contributed by atoms with Crippen molar-refractivity contribution in [2.24, 2.45) is 0 Å². The number of aliphatic carboxylic acids is 1. The number of carboxylic acid groups (broad SMARTS) is 1. The molecule has 0 radical (unpaired) electrons. The molecule has 3 N–H and O–H groups in total. The summed E-state index contributed by atoms with van der Waals surface area (Å²) in [7, 11) is 0. The Morgan fingerprint density at radius 3 is 2.41 bits per heavy atom. The molecule has 29 heavy (non-hydrogen) atoms. The largest absolute Gasteiger partial charge is 0.480 e. The number of likely N-dealkylation sites (tertiary alicyclic amines) is 2. The van der Waals surface area contributed by atoms with E-state index in [4.69, 9.17) is 10.8 Å². The van der Waals surface area contributed by atoms with E-state index < -0.39 is 24.5 Å². The van der Waals surface area contributed by atoms with Gasteiger partial charge >= 0.3 is 5.97 Å². The lowest BCUT2D eigenvalue weighted by Crippen LogP contribution is -2.51. The van der Waals surface area contributed by atoms with Gasteiger partial charge in [-0.2, -0.15) is 0 Å². The summed E-state index contributed by atoms with van der Waals surface area (Å²) in [6.07, 6.45) is 1.76. The standard InChI is InChI=1S/C12H18F2N2O3.C6H11N3S/c13-12(14)4-6-15(8-12)7-10(17)16-5-2-1-3-9(16)11(18)19;1-6(2,3)4-8-9-5(7)10-4/h9H,1-8H2,(H,18,19);1-3H3,(H2,7,9)/t9-;/m0./s1. The normalized spacial score (nSPS) is 22.1. The maximum absolute atomic E-state index is 13.0. The van der Waals surface area contributed by atoms with Gasteiger partial charge in [0.15, 0.2) is 0 Å². The highest BCUT2D eigenvalue weighted by molar-refractivity contribution is 7.15. The average molecular weight is 434 g/mol. The molecule has 0 aromatic carbocycles. The van der Waals surface area contributed by atoms with Gasteiger partial charge in [-0.1, -0.05) is 32.1 Å². The van der Waals surface area contributed by atoms with Crippen LogP contribution in [0.1, 0.15) is 51.5 Å². The average Bonchev–Trinajstić information content (AvgIpc) is 3.20. The maximum Gasteiger partial charge on any atom is 0.326 e. The monoisotopic (exact) mass is 433 g/mol. The van der Waals surface area contributed by atoms with Crippen LogP contribution in [0.4, 0.5) is 13.9 Å². The number of nitrogens with zero attached hydrogens (tertiary/aromatic N) is 4. The Balaban J connectivity index is 0.000000253. The van der Waals surface area contributed by atoms with E-state index in [0.717, 1.165) is 17.8 Å². The van der Waals surface area contributed by atoms with Crippen LogP contribution < -0.4 is 5.73 Å². The molecule has 8 nitrogen and oxygen atoms in total. The van der Waals surface area contributed by atoms with Gasteiger partial charge in [0.1, 0.15) is 11.0 Å². The van der Waals surface area contributed by atoms with Gasteiger partial charge in [0, 0.05) is 24.9 Å². The van der Waals surface area contributed by atoms with E-state index >= 15 is 0 Å². The van der Waals surface area contributed by atoms with Crippen molar-refractivity contribution in [2.75, 3.05) is 31.9 Å². The Morgan fingerprint density at radius 1 is 1.28 bits per heavy atom. The zero-order valence-corrected chi connectivity index (χ0v) is 17.8. The molecular weight excluding hydrogens is 404 g/mol. The van der Waals surface area contributed by atoms with E-state index in [1.807, 2.05) is 0 Å². The molecule has 11 heteroatoms. The second-order valence-corrected chi connectivity index (χ2v) is 9.46. The number of nitrogen functional groups attached to an aromatic ring is 1. The summed E-state index contributed by atoms with van der Waals surface area (Å²) in [5.74, 6) is -4.10. The maximum atomic E-state index is 13.0. The van der Waals surface area contributed by atoms with Crippen molar-refractivity contribution in [1.82, 2.24) is 20.0 Å². The van der Waals surface area contributed by atoms with Crippen LogP contribution in [0.2, 0.25) is 0 Å². The van der Waals surface area contributed by atoms with Gasteiger partial charge in [0.2, 0.25) is 11.0 Å². The number of carbonyl (C=O) groups excluding carboxylic acids is 1. The van der Waals surface area contributed by atoms with Gasteiger partial charge in [-0.3, -0.25) is 9.69 Å². The molecule has 3 heterocycles. The van der Waals surface area contributed by atoms with Gasteiger partial charge in [-0.25, -0.2) is 13.6 Å². The molecule has 0 aliphatic carbocycles. The molecule has 2 fully saturated rings. The molecule has 2 aliphatic rings. The third-order valence-corrected chi connectivity index (χ3v) is 5.98. The highest BCUT2D eigenvalue weighted by Crippen LogP contribution is 2.27. The summed E-state index contributed by atoms with van der Waals surface area (Å²) >= 11 is 1.45. The van der Waals surface area contributed by atoms with E-state index in [-0.39, 0.29) is 30.8 Å². The molecule has 0 bridgehead atoms. The summed E-state index contributed by atoms with van der Waals surface area (Å²) < 4.78 is 26.1. The Labute approximate surface area is 173 Å². The third-order valence-electron chi connectivity index (χ3n) is 4.80. The van der Waals surface area contributed by atoms with Gasteiger partial charge in [-0.05, 0) is 19.3 Å². The number of aromatic nitrogens is 2. The number of hydrogen-bond acceptors (Lipinski definition) is 7. The predicted octanol–water partition coefficient (Wildman–Crippen LogP) is 2.21. The lowest BCUT2D eigenvalue weighted by molar-refractivity contribution is -0.152. The Bertz CT molecular complexity index is 723. The number of anilines is 1. The molecule has 2 saturated heterocycles. The number of hydrogen-bond donors (Lipinski definition) is 2. The molecule has 164 valence electrons. The Kier molecular flexibility index (Phi) is 7.50. The van der Waals surface area contributed by atoms with Crippen LogP contribution in [0, 0.1) is 0 Å². The Morgan fingerprint density at radius 2 is 1.97 bits per heavy atom. The number of alkyl halides is 2. The summed E-state index contributed by atoms with van der Waals surface area (Å²) in [5.41, 5.74) is 5.50. The number of nitrogens with two attached hydrogens (primary N) is 1. The van der Waals surface area contributed by atoms with Crippen molar-refractivity contribution in [1.29, 1.82) is 0 Å². The second-order valence-electron chi connectivity index (χ2n) is 8.45. The molecule has 1 aromatic heterocycles. The minimum absolute atomic E-state index is 0.0787. The molecule has 1 atom stereocenters. The molecule has 3 rings (SSSR count). The first-order chi connectivity index (χ1) is 13.4. The lowest BCUT2D eigenvalue weighted by Gasteiger charge is -2.34. The van der Waals surface area contributed by atoms with Crippen LogP contribution in [0.15, 0.2) is 0 Å². The van der Waals surface area contributed by atoms with Crippen LogP contribution in [0.3, 0.4) is 0 Å². The lowest BCUT2D eigenvalue weighted by atomic mass is 9.98. The predicted molar refractivity (Wildman–Crippen MR) is 106 cm³/mol. The van der Waals surface area contributed by atoms with Crippen molar-refractivity contribution in [3.63, 3.8) is 0 Å². The van der Waals surface area contributed by atoms with Crippen LogP contribution in [0.5, 0.6) is 0 Å². The fraction of sp³-hybridized carbons (Fsp3) is 0.778. The number of carbonyl (C=O) groups is 2. The number of carboxylic acids is 1. The topological polar surface area (TPSA) is 113 Å². The van der Waals surface area contributed by atoms with Gasteiger partial charge in [0.25, 0.3) is 5.92 Å². The van der Waals surface area contributed by atoms with Gasteiger partial charge < -0.3 is 15.7 Å². The highest BCUT2D eigenvalue weighted by atomic mass is 32.1. The quantitative estimate of drug-likeness (QED) is 0.751. The number of halogens is 2. The van der Waals surface area contributed by atoms with Crippen molar-refractivity contribution >= 4 is 28.3 Å². The molecule has 0 spiro atoms. The number of piperidine rings is 1. The fourth-order valence-corrected chi connectivity index (χ4v) is 3.92. The van der Waals surface area contributed by atoms with Crippen LogP contribution in [0.25, 0.3) is 0 Å². The third kappa shape index (κ3) is 6.84. The van der Waals surface area contributed by atoms with Crippen molar-refractivity contribution in [3.05, 3.63) is 5.01 Å². The SMILES string of the molecule is CC(C)(C)c1nnc(N)s1.O=C(O)[C@@H]1CCCCN1C(=O)CN1CCC(F)(F)C1. The minimum Gasteiger partial charge on any atom is -0.480 e. The van der Waals surface area contributed by atoms with E-state index in [0.29, 0.717) is 18.1 Å². The van der Waals surface area contributed by atoms with E-state index in [2.05, 4.69) is 31.0 Å². The smallest absolute Gasteiger partial charge is 0.326 e. The van der Waals surface area contributed by atoms with Crippen molar-refractivity contribution in [3.8, 4) is 0 Å². The molecule has 0 saturated carbocycles. The van der Waals surface area contributed by atoms with Crippen LogP contribution in [-0.4, -0.2) is 75.1 Å². The fourth-order valence-electron chi connectivity index (χ4n) is 3.25. The van der Waals surface area contributed by atoms with Gasteiger partial charge in [0.05, 0.1) is 13.1 Å². The summed E-state index contributed by atoms with van der Waals surface area (Å²) in [4.78, 5) is 25.9. The summed E-state index contributed by atoms with van der Waals surface area (Å²) in [5, 5.41) is 18.3. The zero-order valence-electron chi connectivity index (χ0n) is 17.0. The van der Waals surface area contributed by atoms with Crippen LogP contribution >= 0.6 is 11.3 Å². The molecule has 0 unspecified atom stereocenters. The van der Waals surface area contributed by atoms with E-state index in [1.54, 1.807) is 0 Å². The number of rotatable bonds is 3. The molecular formula is C18H29F2N5O3S. The molecule has 1 amide bonds. The van der Waals surface area contributed by atoms with Crippen LogP contribution in [-0.2, 0) is 15.0 Å². The summed E-state index contributed by atoms with van der Waals surface area (Å²) in [6, 6.07) is -0.802. The molecule has 2 aliphatic heterocycles. The minimum atomic E-state index is -2.73. The highest BCUT2D eigenvalue weighted by Gasteiger charge is 2.40. The van der Waals surface area contributed by atoms with E-state index in [9.17, 15) is 18.4 Å². The van der Waals surface area contributed by atoms with Crippen molar-refractivity contribution < 1.29 is 23.5 Å². The molecule has 1 aromatic rings. The zero-order chi connectivity index (χ0) is 21.8.